The van der Waals surface area contributed by atoms with E-state index in [9.17, 15) is 5.11 Å². The van der Waals surface area contributed by atoms with Crippen LogP contribution in [0.5, 0.6) is 11.5 Å². The number of fused-ring (bicyclic) bond motifs is 1. The highest BCUT2D eigenvalue weighted by molar-refractivity contribution is 5.67. The summed E-state index contributed by atoms with van der Waals surface area (Å²) < 4.78 is 5.65. The van der Waals surface area contributed by atoms with Crippen molar-refractivity contribution < 1.29 is 9.84 Å². The highest BCUT2D eigenvalue weighted by Crippen LogP contribution is 2.36. The maximum absolute atomic E-state index is 9.74. The smallest absolute Gasteiger partial charge is 0.128 e. The molecule has 1 heterocycles. The molecule has 14 heavy (non-hydrogen) atoms. The van der Waals surface area contributed by atoms with Gasteiger partial charge >= 0.3 is 0 Å². The fourth-order valence-electron chi connectivity index (χ4n) is 1.73. The second-order valence-electron chi connectivity index (χ2n) is 3.76. The Morgan fingerprint density at radius 2 is 2.07 bits per heavy atom. The van der Waals surface area contributed by atoms with Crippen molar-refractivity contribution in [2.24, 2.45) is 0 Å². The molecule has 0 saturated carbocycles. The first-order valence-electron chi connectivity index (χ1n) is 4.77. The van der Waals surface area contributed by atoms with Crippen LogP contribution < -0.4 is 4.74 Å². The second-order valence-corrected chi connectivity index (χ2v) is 3.76. The summed E-state index contributed by atoms with van der Waals surface area (Å²) in [5.74, 6) is 1.24. The van der Waals surface area contributed by atoms with Gasteiger partial charge in [-0.25, -0.2) is 0 Å². The zero-order valence-corrected chi connectivity index (χ0v) is 8.66. The van der Waals surface area contributed by atoms with Crippen molar-refractivity contribution in [1.82, 2.24) is 0 Å². The summed E-state index contributed by atoms with van der Waals surface area (Å²) in [5.41, 5.74) is 2.75. The summed E-state index contributed by atoms with van der Waals surface area (Å²) in [6.45, 7) is 5.79. The molecule has 1 aliphatic heterocycles. The van der Waals surface area contributed by atoms with Crippen LogP contribution in [0.3, 0.4) is 0 Å². The lowest BCUT2D eigenvalue weighted by molar-refractivity contribution is 0.265. The van der Waals surface area contributed by atoms with Gasteiger partial charge in [0.2, 0.25) is 0 Å². The maximum Gasteiger partial charge on any atom is 0.128 e. The first-order valence-corrected chi connectivity index (χ1v) is 4.77. The number of hydrogen-bond acceptors (Lipinski definition) is 2. The molecule has 2 rings (SSSR count). The molecule has 1 unspecified atom stereocenters. The standard InChI is InChI=1S/C12H14O2/c1-7-6-11-10(9(3)12(7)13)5-4-8(2)14-11/h4-6,8,13H,1-3H3. The molecule has 0 fully saturated rings. The van der Waals surface area contributed by atoms with E-state index in [0.29, 0.717) is 5.75 Å². The van der Waals surface area contributed by atoms with Crippen molar-refractivity contribution in [3.63, 3.8) is 0 Å². The summed E-state index contributed by atoms with van der Waals surface area (Å²) >= 11 is 0. The lowest BCUT2D eigenvalue weighted by Gasteiger charge is -2.21. The number of phenols is 1. The maximum atomic E-state index is 9.74. The number of aryl methyl sites for hydroxylation is 1. The predicted octanol–water partition coefficient (Wildman–Crippen LogP) is 2.80. The Bertz CT molecular complexity index is 405. The van der Waals surface area contributed by atoms with Crippen LogP contribution in [0.15, 0.2) is 12.1 Å². The summed E-state index contributed by atoms with van der Waals surface area (Å²) in [4.78, 5) is 0. The number of phenolic OH excluding ortho intramolecular Hbond substituents is 1. The van der Waals surface area contributed by atoms with Crippen molar-refractivity contribution >= 4 is 6.08 Å². The molecule has 0 amide bonds. The van der Waals surface area contributed by atoms with Crippen LogP contribution in [0.4, 0.5) is 0 Å². The Labute approximate surface area is 83.8 Å². The van der Waals surface area contributed by atoms with E-state index in [1.165, 1.54) is 0 Å². The number of benzene rings is 1. The van der Waals surface area contributed by atoms with Crippen LogP contribution >= 0.6 is 0 Å². The lowest BCUT2D eigenvalue weighted by atomic mass is 10.0. The molecule has 1 aliphatic rings. The Morgan fingerprint density at radius 3 is 2.79 bits per heavy atom. The Kier molecular flexibility index (Phi) is 1.99. The number of aromatic hydroxyl groups is 1. The largest absolute Gasteiger partial charge is 0.507 e. The summed E-state index contributed by atoms with van der Waals surface area (Å²) in [5, 5.41) is 9.74. The quantitative estimate of drug-likeness (QED) is 0.681. The summed E-state index contributed by atoms with van der Waals surface area (Å²) in [6.07, 6.45) is 4.12. The molecule has 0 aromatic heterocycles. The molecule has 0 spiro atoms. The van der Waals surface area contributed by atoms with E-state index in [1.807, 2.05) is 39.0 Å². The van der Waals surface area contributed by atoms with Gasteiger partial charge in [-0.05, 0) is 38.5 Å². The van der Waals surface area contributed by atoms with Gasteiger partial charge in [0.1, 0.15) is 17.6 Å². The Morgan fingerprint density at radius 1 is 1.36 bits per heavy atom. The average Bonchev–Trinajstić information content (AvgIpc) is 2.14. The molecule has 1 N–H and O–H groups in total. The van der Waals surface area contributed by atoms with Gasteiger partial charge in [-0.2, -0.15) is 0 Å². The van der Waals surface area contributed by atoms with Gasteiger partial charge in [0.25, 0.3) is 0 Å². The number of rotatable bonds is 0. The normalized spacial score (nSPS) is 18.9. The zero-order chi connectivity index (χ0) is 10.3. The monoisotopic (exact) mass is 190 g/mol. The Hall–Kier alpha value is -1.44. The van der Waals surface area contributed by atoms with Gasteiger partial charge in [0.05, 0.1) is 0 Å². The molecule has 1 atom stereocenters. The van der Waals surface area contributed by atoms with Crippen LogP contribution in [0, 0.1) is 13.8 Å². The Balaban J connectivity index is 2.63. The highest BCUT2D eigenvalue weighted by atomic mass is 16.5. The minimum Gasteiger partial charge on any atom is -0.507 e. The van der Waals surface area contributed by atoms with E-state index in [2.05, 4.69) is 0 Å². The summed E-state index contributed by atoms with van der Waals surface area (Å²) in [6, 6.07) is 1.89. The minimum absolute atomic E-state index is 0.117. The fourth-order valence-corrected chi connectivity index (χ4v) is 1.73. The van der Waals surface area contributed by atoms with E-state index in [-0.39, 0.29) is 6.10 Å². The van der Waals surface area contributed by atoms with Crippen LogP contribution in [0.1, 0.15) is 23.6 Å². The molecule has 74 valence electrons. The van der Waals surface area contributed by atoms with E-state index >= 15 is 0 Å². The van der Waals surface area contributed by atoms with Gasteiger partial charge < -0.3 is 9.84 Å². The SMILES string of the molecule is Cc1cc2c(c(C)c1O)C=CC(C)O2. The van der Waals surface area contributed by atoms with Gasteiger partial charge in [0.15, 0.2) is 0 Å². The van der Waals surface area contributed by atoms with Crippen molar-refractivity contribution in [3.05, 3.63) is 28.8 Å². The molecular weight excluding hydrogens is 176 g/mol. The molecule has 2 nitrogen and oxygen atoms in total. The van der Waals surface area contributed by atoms with Crippen LogP contribution in [-0.2, 0) is 0 Å². The molecular formula is C12H14O2. The van der Waals surface area contributed by atoms with Gasteiger partial charge in [0, 0.05) is 11.1 Å². The van der Waals surface area contributed by atoms with E-state index in [4.69, 9.17) is 4.74 Å². The van der Waals surface area contributed by atoms with Gasteiger partial charge in [-0.3, -0.25) is 0 Å². The number of hydrogen-bond donors (Lipinski definition) is 1. The third-order valence-electron chi connectivity index (χ3n) is 2.59. The highest BCUT2D eigenvalue weighted by Gasteiger charge is 2.16. The van der Waals surface area contributed by atoms with E-state index in [0.717, 1.165) is 22.4 Å². The fraction of sp³-hybridized carbons (Fsp3) is 0.333. The van der Waals surface area contributed by atoms with Crippen molar-refractivity contribution in [2.45, 2.75) is 26.9 Å². The predicted molar refractivity (Wildman–Crippen MR) is 56.7 cm³/mol. The molecule has 0 aliphatic carbocycles. The van der Waals surface area contributed by atoms with Crippen molar-refractivity contribution in [1.29, 1.82) is 0 Å². The molecule has 2 heteroatoms. The molecule has 1 aromatic carbocycles. The van der Waals surface area contributed by atoms with Crippen molar-refractivity contribution in [2.75, 3.05) is 0 Å². The van der Waals surface area contributed by atoms with E-state index in [1.54, 1.807) is 0 Å². The minimum atomic E-state index is 0.117. The topological polar surface area (TPSA) is 29.5 Å². The van der Waals surface area contributed by atoms with Crippen LogP contribution in [0.25, 0.3) is 6.08 Å². The van der Waals surface area contributed by atoms with Gasteiger partial charge in [-0.15, -0.1) is 0 Å². The van der Waals surface area contributed by atoms with Crippen LogP contribution in [0.2, 0.25) is 0 Å². The third kappa shape index (κ3) is 1.27. The summed E-state index contributed by atoms with van der Waals surface area (Å²) in [7, 11) is 0. The third-order valence-corrected chi connectivity index (χ3v) is 2.59. The second kappa shape index (κ2) is 3.05. The first-order chi connectivity index (χ1) is 6.59. The van der Waals surface area contributed by atoms with E-state index < -0.39 is 0 Å². The van der Waals surface area contributed by atoms with Crippen LogP contribution in [-0.4, -0.2) is 11.2 Å². The lowest BCUT2D eigenvalue weighted by Crippen LogP contribution is -2.12. The molecule has 0 bridgehead atoms. The molecule has 0 radical (unpaired) electrons. The van der Waals surface area contributed by atoms with Crippen molar-refractivity contribution in [3.8, 4) is 11.5 Å². The number of ether oxygens (including phenoxy) is 1. The molecule has 1 aromatic rings. The average molecular weight is 190 g/mol. The van der Waals surface area contributed by atoms with Gasteiger partial charge in [-0.1, -0.05) is 6.08 Å². The first kappa shape index (κ1) is 9.13. The zero-order valence-electron chi connectivity index (χ0n) is 8.66. The molecule has 0 saturated heterocycles.